The summed E-state index contributed by atoms with van der Waals surface area (Å²) in [5, 5.41) is 4.12. The fourth-order valence-corrected chi connectivity index (χ4v) is 6.71. The highest BCUT2D eigenvalue weighted by Crippen LogP contribution is 2.27. The van der Waals surface area contributed by atoms with Gasteiger partial charge in [0, 0.05) is 42.0 Å². The molecule has 1 aliphatic rings. The minimum Gasteiger partial charge on any atom is -0.337 e. The van der Waals surface area contributed by atoms with Gasteiger partial charge < -0.3 is 9.47 Å². The van der Waals surface area contributed by atoms with Crippen LogP contribution in [0.3, 0.4) is 0 Å². The molecule has 0 N–H and O–H groups in total. The third-order valence-corrected chi connectivity index (χ3v) is 9.15. The maximum Gasteiger partial charge on any atom is 0.262 e. The number of piperidine rings is 1. The number of thiophene rings is 2. The molecule has 0 spiro atoms. The Morgan fingerprint density at radius 2 is 1.71 bits per heavy atom. The van der Waals surface area contributed by atoms with Crippen molar-refractivity contribution < 1.29 is 13.2 Å². The standard InChI is InChI=1S/C21H26N4O3S3/c1-16-22-20(15-23(16)2)31(27,28)25-9-7-17(8-10-25)21(26)24(13-18-5-3-11-29-18)14-19-6-4-12-30-19/h3-6,11-12,15,17H,7-10,13-14H2,1-2H3. The maximum absolute atomic E-state index is 13.4. The summed E-state index contributed by atoms with van der Waals surface area (Å²) in [6, 6.07) is 8.08. The molecule has 31 heavy (non-hydrogen) atoms. The lowest BCUT2D eigenvalue weighted by atomic mass is 9.96. The van der Waals surface area contributed by atoms with Gasteiger partial charge in [0.1, 0.15) is 5.82 Å². The average Bonchev–Trinajstić information content (AvgIpc) is 3.51. The van der Waals surface area contributed by atoms with Gasteiger partial charge in [-0.15, -0.1) is 22.7 Å². The van der Waals surface area contributed by atoms with Crippen LogP contribution >= 0.6 is 22.7 Å². The number of rotatable bonds is 7. The van der Waals surface area contributed by atoms with Gasteiger partial charge in [-0.05, 0) is 42.7 Å². The van der Waals surface area contributed by atoms with Crippen LogP contribution in [0.4, 0.5) is 0 Å². The van der Waals surface area contributed by atoms with E-state index in [2.05, 4.69) is 4.98 Å². The topological polar surface area (TPSA) is 75.5 Å². The minimum atomic E-state index is -3.64. The highest BCUT2D eigenvalue weighted by Gasteiger charge is 2.35. The molecule has 0 atom stereocenters. The van der Waals surface area contributed by atoms with Crippen LogP contribution in [-0.2, 0) is 35.0 Å². The number of carbonyl (C=O) groups is 1. The highest BCUT2D eigenvalue weighted by atomic mass is 32.2. The van der Waals surface area contributed by atoms with Crippen molar-refractivity contribution >= 4 is 38.6 Å². The van der Waals surface area contributed by atoms with E-state index in [-0.39, 0.29) is 16.9 Å². The van der Waals surface area contributed by atoms with Crippen LogP contribution in [0.5, 0.6) is 0 Å². The summed E-state index contributed by atoms with van der Waals surface area (Å²) in [7, 11) is -1.86. The number of aromatic nitrogens is 2. The van der Waals surface area contributed by atoms with E-state index < -0.39 is 10.0 Å². The van der Waals surface area contributed by atoms with E-state index in [1.54, 1.807) is 47.4 Å². The number of imidazole rings is 1. The lowest BCUT2D eigenvalue weighted by Gasteiger charge is -2.33. The molecule has 3 aromatic rings. The zero-order chi connectivity index (χ0) is 22.0. The minimum absolute atomic E-state index is 0.0780. The van der Waals surface area contributed by atoms with Gasteiger partial charge in [-0.3, -0.25) is 4.79 Å². The van der Waals surface area contributed by atoms with E-state index >= 15 is 0 Å². The summed E-state index contributed by atoms with van der Waals surface area (Å²) in [5.74, 6) is 0.589. The molecule has 4 heterocycles. The van der Waals surface area contributed by atoms with Gasteiger partial charge in [-0.1, -0.05) is 12.1 Å². The van der Waals surface area contributed by atoms with Crippen molar-refractivity contribution in [3.63, 3.8) is 0 Å². The Hall–Kier alpha value is -2.01. The summed E-state index contributed by atoms with van der Waals surface area (Å²) in [6.45, 7) is 3.61. The largest absolute Gasteiger partial charge is 0.337 e. The van der Waals surface area contributed by atoms with Crippen LogP contribution in [0, 0.1) is 12.8 Å². The van der Waals surface area contributed by atoms with E-state index in [1.165, 1.54) is 4.31 Å². The second-order valence-electron chi connectivity index (χ2n) is 7.77. The Bertz CT molecular complexity index is 1060. The van der Waals surface area contributed by atoms with Crippen molar-refractivity contribution in [3.05, 3.63) is 56.8 Å². The number of hydrogen-bond acceptors (Lipinski definition) is 6. The summed E-state index contributed by atoms with van der Waals surface area (Å²) >= 11 is 3.29. The third-order valence-electron chi connectivity index (χ3n) is 5.66. The first-order chi connectivity index (χ1) is 14.8. The predicted molar refractivity (Wildman–Crippen MR) is 122 cm³/mol. The smallest absolute Gasteiger partial charge is 0.262 e. The van der Waals surface area contributed by atoms with Crippen LogP contribution in [0.25, 0.3) is 0 Å². The van der Waals surface area contributed by atoms with Gasteiger partial charge in [0.15, 0.2) is 5.03 Å². The molecule has 0 aromatic carbocycles. The van der Waals surface area contributed by atoms with Gasteiger partial charge in [-0.25, -0.2) is 13.4 Å². The molecule has 0 saturated carbocycles. The quantitative estimate of drug-likeness (QED) is 0.521. The second kappa shape index (κ2) is 9.23. The van der Waals surface area contributed by atoms with Crippen LogP contribution in [0.1, 0.15) is 28.4 Å². The third kappa shape index (κ3) is 4.92. The normalized spacial score (nSPS) is 15.9. The molecule has 166 valence electrons. The van der Waals surface area contributed by atoms with Gasteiger partial charge in [0.05, 0.1) is 13.1 Å². The summed E-state index contributed by atoms with van der Waals surface area (Å²) in [6.07, 6.45) is 2.59. The van der Waals surface area contributed by atoms with Gasteiger partial charge >= 0.3 is 0 Å². The first-order valence-corrected chi connectivity index (χ1v) is 13.4. The zero-order valence-electron chi connectivity index (χ0n) is 17.6. The molecule has 1 saturated heterocycles. The number of sulfonamides is 1. The molecule has 1 amide bonds. The molecule has 0 bridgehead atoms. The predicted octanol–water partition coefficient (Wildman–Crippen LogP) is 3.48. The van der Waals surface area contributed by atoms with Crippen molar-refractivity contribution in [2.75, 3.05) is 13.1 Å². The van der Waals surface area contributed by atoms with E-state index in [1.807, 2.05) is 39.9 Å². The van der Waals surface area contributed by atoms with Gasteiger partial charge in [-0.2, -0.15) is 4.31 Å². The highest BCUT2D eigenvalue weighted by molar-refractivity contribution is 7.89. The Morgan fingerprint density at radius 3 is 2.16 bits per heavy atom. The molecule has 1 fully saturated rings. The van der Waals surface area contributed by atoms with Crippen LogP contribution in [-0.4, -0.2) is 46.2 Å². The van der Waals surface area contributed by atoms with Gasteiger partial charge in [0.2, 0.25) is 5.91 Å². The summed E-state index contributed by atoms with van der Waals surface area (Å²) < 4.78 is 29.1. The van der Waals surface area contributed by atoms with Crippen LogP contribution in [0.2, 0.25) is 0 Å². The Kier molecular flexibility index (Phi) is 6.61. The van der Waals surface area contributed by atoms with Crippen molar-refractivity contribution in [1.29, 1.82) is 0 Å². The molecular weight excluding hydrogens is 452 g/mol. The first-order valence-electron chi connectivity index (χ1n) is 10.2. The molecule has 0 unspecified atom stereocenters. The first kappa shape index (κ1) is 22.2. The number of hydrogen-bond donors (Lipinski definition) is 0. The van der Waals surface area contributed by atoms with Crippen LogP contribution in [0.15, 0.2) is 46.2 Å². The zero-order valence-corrected chi connectivity index (χ0v) is 20.0. The van der Waals surface area contributed by atoms with E-state index in [9.17, 15) is 13.2 Å². The van der Waals surface area contributed by atoms with Gasteiger partial charge in [0.25, 0.3) is 10.0 Å². The SMILES string of the molecule is Cc1nc(S(=O)(=O)N2CCC(C(=O)N(Cc3cccs3)Cc3cccs3)CC2)cn1C. The molecule has 3 aromatic heterocycles. The lowest BCUT2D eigenvalue weighted by Crippen LogP contribution is -2.44. The average molecular weight is 479 g/mol. The monoisotopic (exact) mass is 478 g/mol. The van der Waals surface area contributed by atoms with Crippen molar-refractivity contribution in [3.8, 4) is 0 Å². The molecule has 1 aliphatic heterocycles. The molecule has 4 rings (SSSR count). The van der Waals surface area contributed by atoms with Crippen molar-refractivity contribution in [2.45, 2.75) is 37.9 Å². The van der Waals surface area contributed by atoms with Crippen molar-refractivity contribution in [1.82, 2.24) is 18.8 Å². The summed E-state index contributed by atoms with van der Waals surface area (Å²) in [4.78, 5) is 21.8. The number of amides is 1. The van der Waals surface area contributed by atoms with Crippen molar-refractivity contribution in [2.24, 2.45) is 13.0 Å². The number of carbonyl (C=O) groups excluding carboxylic acids is 1. The molecule has 0 radical (unpaired) electrons. The van der Waals surface area contributed by atoms with E-state index in [4.69, 9.17) is 0 Å². The fraction of sp³-hybridized carbons (Fsp3) is 0.429. The Labute approximate surface area is 191 Å². The second-order valence-corrected chi connectivity index (χ2v) is 11.7. The number of aryl methyl sites for hydroxylation is 2. The van der Waals surface area contributed by atoms with Crippen LogP contribution < -0.4 is 0 Å². The Morgan fingerprint density at radius 1 is 1.13 bits per heavy atom. The van der Waals surface area contributed by atoms with E-state index in [0.717, 1.165) is 9.75 Å². The fourth-order valence-electron chi connectivity index (χ4n) is 3.78. The number of nitrogens with zero attached hydrogens (tertiary/aromatic N) is 4. The summed E-state index contributed by atoms with van der Waals surface area (Å²) in [5.41, 5.74) is 0. The van der Waals surface area contributed by atoms with E-state index in [0.29, 0.717) is 44.8 Å². The molecule has 0 aliphatic carbocycles. The molecule has 7 nitrogen and oxygen atoms in total. The molecular formula is C21H26N4O3S3. The maximum atomic E-state index is 13.4. The Balaban J connectivity index is 1.43. The molecule has 10 heteroatoms. The lowest BCUT2D eigenvalue weighted by molar-refractivity contribution is -0.138.